The average Bonchev–Trinajstić information content (AvgIpc) is 3.23. The van der Waals surface area contributed by atoms with E-state index in [1.54, 1.807) is 36.4 Å². The fourth-order valence-corrected chi connectivity index (χ4v) is 4.82. The van der Waals surface area contributed by atoms with Crippen molar-refractivity contribution >= 4 is 17.4 Å². The Kier molecular flexibility index (Phi) is 7.93. The second-order valence-corrected chi connectivity index (χ2v) is 9.84. The van der Waals surface area contributed by atoms with Crippen LogP contribution in [0.15, 0.2) is 72.3 Å². The standard InChI is InChI=1S/C31H32N2O7/c1-32(2)13-14-33-28(21-9-11-23(25(17-21)37-3)40-19-20-7-5-4-6-8-20)27(30(35)31(33)36)29(34)22-10-12-24-26(18-22)39-16-15-38-24/h4-12,17-18,28,34H,13-16,19H2,1-3H3. The number of fused-ring (bicyclic) bond motifs is 1. The first-order chi connectivity index (χ1) is 19.4. The molecule has 0 radical (unpaired) electrons. The number of hydrogen-bond acceptors (Lipinski definition) is 8. The zero-order valence-electron chi connectivity index (χ0n) is 22.8. The Morgan fingerprint density at radius 3 is 2.45 bits per heavy atom. The van der Waals surface area contributed by atoms with Gasteiger partial charge in [0, 0.05) is 18.7 Å². The minimum absolute atomic E-state index is 0.000408. The number of likely N-dealkylation sites (tertiary alicyclic amines) is 1. The van der Waals surface area contributed by atoms with E-state index >= 15 is 0 Å². The number of ether oxygens (including phenoxy) is 4. The zero-order chi connectivity index (χ0) is 28.2. The molecule has 0 bridgehead atoms. The Morgan fingerprint density at radius 2 is 1.73 bits per heavy atom. The number of carbonyl (C=O) groups is 2. The molecule has 1 atom stereocenters. The summed E-state index contributed by atoms with van der Waals surface area (Å²) < 4.78 is 22.9. The van der Waals surface area contributed by atoms with E-state index < -0.39 is 17.7 Å². The highest BCUT2D eigenvalue weighted by Crippen LogP contribution is 2.43. The number of hydrogen-bond donors (Lipinski definition) is 1. The van der Waals surface area contributed by atoms with Crippen LogP contribution in [0.25, 0.3) is 5.76 Å². The summed E-state index contributed by atoms with van der Waals surface area (Å²) in [6.07, 6.45) is 0. The van der Waals surface area contributed by atoms with Gasteiger partial charge in [0.1, 0.15) is 25.6 Å². The van der Waals surface area contributed by atoms with E-state index in [-0.39, 0.29) is 17.9 Å². The molecule has 0 saturated carbocycles. The van der Waals surface area contributed by atoms with E-state index in [1.807, 2.05) is 49.3 Å². The van der Waals surface area contributed by atoms with Crippen LogP contribution < -0.4 is 18.9 Å². The average molecular weight is 545 g/mol. The maximum Gasteiger partial charge on any atom is 0.295 e. The van der Waals surface area contributed by atoms with Crippen molar-refractivity contribution < 1.29 is 33.6 Å². The van der Waals surface area contributed by atoms with Crippen LogP contribution in [0.1, 0.15) is 22.7 Å². The Morgan fingerprint density at radius 1 is 0.975 bits per heavy atom. The molecule has 2 aliphatic heterocycles. The molecule has 2 aliphatic rings. The maximum absolute atomic E-state index is 13.4. The number of methoxy groups -OCH3 is 1. The van der Waals surface area contributed by atoms with Gasteiger partial charge < -0.3 is 33.9 Å². The third-order valence-electron chi connectivity index (χ3n) is 6.88. The summed E-state index contributed by atoms with van der Waals surface area (Å²) in [7, 11) is 5.32. The highest BCUT2D eigenvalue weighted by atomic mass is 16.6. The molecule has 0 aliphatic carbocycles. The number of nitrogens with zero attached hydrogens (tertiary/aromatic N) is 2. The van der Waals surface area contributed by atoms with Crippen molar-refractivity contribution in [1.82, 2.24) is 9.80 Å². The van der Waals surface area contributed by atoms with Crippen LogP contribution in [0.2, 0.25) is 0 Å². The summed E-state index contributed by atoms with van der Waals surface area (Å²) in [6.45, 7) is 1.98. The van der Waals surface area contributed by atoms with E-state index in [0.717, 1.165) is 5.56 Å². The normalized spacial score (nSPS) is 17.8. The lowest BCUT2D eigenvalue weighted by Crippen LogP contribution is -2.35. The third kappa shape index (κ3) is 5.46. The molecule has 5 rings (SSSR count). The van der Waals surface area contributed by atoms with Crippen molar-refractivity contribution in [1.29, 1.82) is 0 Å². The predicted octanol–water partition coefficient (Wildman–Crippen LogP) is 4.03. The Balaban J connectivity index is 1.54. The Labute approximate surface area is 233 Å². The van der Waals surface area contributed by atoms with Crippen LogP contribution >= 0.6 is 0 Å². The molecule has 0 spiro atoms. The third-order valence-corrected chi connectivity index (χ3v) is 6.88. The molecule has 9 nitrogen and oxygen atoms in total. The number of benzene rings is 3. The summed E-state index contributed by atoms with van der Waals surface area (Å²) in [5, 5.41) is 11.4. The minimum Gasteiger partial charge on any atom is -0.507 e. The number of aliphatic hydroxyl groups excluding tert-OH is 1. The van der Waals surface area contributed by atoms with E-state index in [4.69, 9.17) is 18.9 Å². The first kappa shape index (κ1) is 27.1. The second-order valence-electron chi connectivity index (χ2n) is 9.84. The van der Waals surface area contributed by atoms with E-state index in [0.29, 0.717) is 60.5 Å². The van der Waals surface area contributed by atoms with E-state index in [2.05, 4.69) is 0 Å². The topological polar surface area (TPSA) is 97.8 Å². The van der Waals surface area contributed by atoms with Gasteiger partial charge in [0.2, 0.25) is 0 Å². The molecule has 2 heterocycles. The van der Waals surface area contributed by atoms with Crippen molar-refractivity contribution in [2.75, 3.05) is 47.5 Å². The summed E-state index contributed by atoms with van der Waals surface area (Å²) in [4.78, 5) is 30.1. The van der Waals surface area contributed by atoms with Gasteiger partial charge in [0.15, 0.2) is 23.0 Å². The fraction of sp³-hybridized carbons (Fsp3) is 0.290. The smallest absolute Gasteiger partial charge is 0.295 e. The SMILES string of the molecule is COc1cc(C2C(=C(O)c3ccc4c(c3)OCCO4)C(=O)C(=O)N2CCN(C)C)ccc1OCc1ccccc1. The largest absolute Gasteiger partial charge is 0.507 e. The molecule has 1 saturated heterocycles. The number of carbonyl (C=O) groups excluding carboxylic acids is 2. The molecule has 3 aromatic rings. The number of ketones is 1. The van der Waals surface area contributed by atoms with Crippen molar-refractivity contribution in [2.45, 2.75) is 12.6 Å². The second kappa shape index (κ2) is 11.7. The van der Waals surface area contributed by atoms with Crippen molar-refractivity contribution in [2.24, 2.45) is 0 Å². The van der Waals surface area contributed by atoms with Gasteiger partial charge in [-0.05, 0) is 55.6 Å². The first-order valence-electron chi connectivity index (χ1n) is 13.0. The number of aliphatic hydroxyl groups is 1. The molecule has 0 aromatic heterocycles. The summed E-state index contributed by atoms with van der Waals surface area (Å²) in [5.41, 5.74) is 1.97. The van der Waals surface area contributed by atoms with Crippen molar-refractivity contribution in [3.05, 3.63) is 89.0 Å². The van der Waals surface area contributed by atoms with Gasteiger partial charge in [-0.2, -0.15) is 0 Å². The van der Waals surface area contributed by atoms with Crippen LogP contribution in [0.5, 0.6) is 23.0 Å². The molecule has 1 fully saturated rings. The molecule has 1 N–H and O–H groups in total. The maximum atomic E-state index is 13.4. The molecule has 3 aromatic carbocycles. The van der Waals surface area contributed by atoms with Gasteiger partial charge in [0.05, 0.1) is 18.7 Å². The predicted molar refractivity (Wildman–Crippen MR) is 149 cm³/mol. The Bertz CT molecular complexity index is 1430. The summed E-state index contributed by atoms with van der Waals surface area (Å²) >= 11 is 0. The molecule has 208 valence electrons. The quantitative estimate of drug-likeness (QED) is 0.245. The molecule has 1 amide bonds. The summed E-state index contributed by atoms with van der Waals surface area (Å²) in [5.74, 6) is 0.292. The van der Waals surface area contributed by atoms with Crippen molar-refractivity contribution in [3.63, 3.8) is 0 Å². The highest BCUT2D eigenvalue weighted by molar-refractivity contribution is 6.46. The van der Waals surface area contributed by atoms with Crippen LogP contribution in [-0.2, 0) is 16.2 Å². The van der Waals surface area contributed by atoms with Gasteiger partial charge in [0.25, 0.3) is 11.7 Å². The van der Waals surface area contributed by atoms with E-state index in [9.17, 15) is 14.7 Å². The van der Waals surface area contributed by atoms with Crippen molar-refractivity contribution in [3.8, 4) is 23.0 Å². The van der Waals surface area contributed by atoms with Gasteiger partial charge in [-0.15, -0.1) is 0 Å². The number of likely N-dealkylation sites (N-methyl/N-ethyl adjacent to an activating group) is 1. The van der Waals surface area contributed by atoms with Gasteiger partial charge in [-0.3, -0.25) is 9.59 Å². The fourth-order valence-electron chi connectivity index (χ4n) is 4.82. The molecular formula is C31H32N2O7. The molecule has 40 heavy (non-hydrogen) atoms. The van der Waals surface area contributed by atoms with Crippen LogP contribution in [0, 0.1) is 0 Å². The van der Waals surface area contributed by atoms with Crippen LogP contribution in [0.4, 0.5) is 0 Å². The molecular weight excluding hydrogens is 512 g/mol. The highest BCUT2D eigenvalue weighted by Gasteiger charge is 2.46. The lowest BCUT2D eigenvalue weighted by molar-refractivity contribution is -0.140. The number of Topliss-reactive ketones (excluding diaryl/α,β-unsaturated/α-hetero) is 1. The van der Waals surface area contributed by atoms with Crippen LogP contribution in [0.3, 0.4) is 0 Å². The zero-order valence-corrected chi connectivity index (χ0v) is 22.8. The Hall–Kier alpha value is -4.50. The molecule has 9 heteroatoms. The minimum atomic E-state index is -0.828. The lowest BCUT2D eigenvalue weighted by atomic mass is 9.94. The van der Waals surface area contributed by atoms with Crippen LogP contribution in [-0.4, -0.2) is 74.1 Å². The monoisotopic (exact) mass is 544 g/mol. The first-order valence-corrected chi connectivity index (χ1v) is 13.0. The number of amides is 1. The lowest BCUT2D eigenvalue weighted by Gasteiger charge is -2.27. The number of rotatable bonds is 9. The summed E-state index contributed by atoms with van der Waals surface area (Å²) in [6, 6.07) is 19.2. The van der Waals surface area contributed by atoms with Gasteiger partial charge >= 0.3 is 0 Å². The van der Waals surface area contributed by atoms with Gasteiger partial charge in [-0.1, -0.05) is 36.4 Å². The van der Waals surface area contributed by atoms with E-state index in [1.165, 1.54) is 12.0 Å². The van der Waals surface area contributed by atoms with Gasteiger partial charge in [-0.25, -0.2) is 0 Å². The molecule has 1 unspecified atom stereocenters.